The Kier molecular flexibility index (Phi) is 2.64. The molecule has 0 aliphatic rings. The molecule has 0 atom stereocenters. The van der Waals surface area contributed by atoms with Crippen LogP contribution in [0.3, 0.4) is 0 Å². The Balaban J connectivity index is 3.37. The van der Waals surface area contributed by atoms with E-state index in [0.717, 1.165) is 17.6 Å². The molecule has 1 aromatic heterocycles. The summed E-state index contributed by atoms with van der Waals surface area (Å²) in [4.78, 5) is 0.581. The number of nitrogens with two attached hydrogens (primary N) is 1. The van der Waals surface area contributed by atoms with Gasteiger partial charge in [0.1, 0.15) is 4.90 Å². The molecule has 14 heavy (non-hydrogen) atoms. The number of rotatable bonds is 2. The second-order valence-corrected chi connectivity index (χ2v) is 6.54. The molecule has 0 aliphatic carbocycles. The van der Waals surface area contributed by atoms with E-state index in [1.165, 1.54) is 5.38 Å². The summed E-state index contributed by atoms with van der Waals surface area (Å²) in [5.74, 6) is 0. The molecule has 0 saturated carbocycles. The molecule has 3 N–H and O–H groups in total. The van der Waals surface area contributed by atoms with Gasteiger partial charge in [-0.1, -0.05) is 0 Å². The Morgan fingerprint density at radius 2 is 2.00 bits per heavy atom. The largest absolute Gasteiger partial charge is 0.397 e. The molecule has 4 nitrogen and oxygen atoms in total. The van der Waals surface area contributed by atoms with E-state index in [1.54, 1.807) is 13.8 Å². The molecule has 0 aromatic carbocycles. The van der Waals surface area contributed by atoms with Gasteiger partial charge in [0.2, 0.25) is 0 Å². The molecule has 80 valence electrons. The molecule has 1 aromatic rings. The zero-order chi connectivity index (χ0) is 11.1. The van der Waals surface area contributed by atoms with Crippen LogP contribution in [0.15, 0.2) is 10.3 Å². The average Bonchev–Trinajstić information content (AvgIpc) is 2.26. The number of thiophene rings is 1. The van der Waals surface area contributed by atoms with Crippen molar-refractivity contribution in [2.24, 2.45) is 0 Å². The molecular weight excluding hydrogens is 222 g/mol. The van der Waals surface area contributed by atoms with Crippen LogP contribution in [0.1, 0.15) is 18.7 Å². The number of nitrogen functional groups attached to an aromatic ring is 1. The first-order valence-electron chi connectivity index (χ1n) is 3.94. The SMILES string of the molecule is CC(C)(O)c1scc(S(C)(=O)=O)c1N. The van der Waals surface area contributed by atoms with Crippen LogP contribution in [-0.2, 0) is 15.4 Å². The fourth-order valence-corrected chi connectivity index (χ4v) is 3.40. The van der Waals surface area contributed by atoms with Crippen LogP contribution in [0.4, 0.5) is 5.69 Å². The molecular formula is C8H13NO3S2. The second-order valence-electron chi connectivity index (χ2n) is 3.67. The Hall–Kier alpha value is -0.590. The highest BCUT2D eigenvalue weighted by atomic mass is 32.2. The van der Waals surface area contributed by atoms with Gasteiger partial charge in [-0.3, -0.25) is 0 Å². The monoisotopic (exact) mass is 235 g/mol. The van der Waals surface area contributed by atoms with Crippen LogP contribution in [-0.4, -0.2) is 19.8 Å². The molecule has 1 rings (SSSR count). The summed E-state index contributed by atoms with van der Waals surface area (Å²) in [6.07, 6.45) is 1.10. The highest BCUT2D eigenvalue weighted by molar-refractivity contribution is 7.91. The average molecular weight is 235 g/mol. The van der Waals surface area contributed by atoms with Crippen molar-refractivity contribution in [2.45, 2.75) is 24.3 Å². The lowest BCUT2D eigenvalue weighted by Gasteiger charge is -2.16. The maximum atomic E-state index is 11.2. The van der Waals surface area contributed by atoms with Crippen LogP contribution in [0, 0.1) is 0 Å². The summed E-state index contributed by atoms with van der Waals surface area (Å²) in [6.45, 7) is 3.14. The van der Waals surface area contributed by atoms with E-state index >= 15 is 0 Å². The molecule has 0 aliphatic heterocycles. The van der Waals surface area contributed by atoms with E-state index in [-0.39, 0.29) is 10.6 Å². The smallest absolute Gasteiger partial charge is 0.178 e. The molecule has 0 bridgehead atoms. The predicted molar refractivity (Wildman–Crippen MR) is 57.1 cm³/mol. The first-order valence-corrected chi connectivity index (χ1v) is 6.71. The van der Waals surface area contributed by atoms with Gasteiger partial charge in [-0.05, 0) is 13.8 Å². The Morgan fingerprint density at radius 3 is 2.21 bits per heavy atom. The summed E-state index contributed by atoms with van der Waals surface area (Å²) in [5.41, 5.74) is 4.70. The number of anilines is 1. The maximum absolute atomic E-state index is 11.2. The first kappa shape index (κ1) is 11.5. The third-order valence-electron chi connectivity index (χ3n) is 1.75. The standard InChI is InChI=1S/C8H13NO3S2/c1-8(2,10)7-6(9)5(4-13-7)14(3,11)12/h4,10H,9H2,1-3H3. The van der Waals surface area contributed by atoms with Gasteiger partial charge in [-0.25, -0.2) is 8.42 Å². The molecule has 0 radical (unpaired) electrons. The van der Waals surface area contributed by atoms with Crippen molar-refractivity contribution in [3.8, 4) is 0 Å². The van der Waals surface area contributed by atoms with Gasteiger partial charge in [0.15, 0.2) is 9.84 Å². The van der Waals surface area contributed by atoms with Crippen LogP contribution in [0.2, 0.25) is 0 Å². The molecule has 0 unspecified atom stereocenters. The van der Waals surface area contributed by atoms with Gasteiger partial charge in [0.25, 0.3) is 0 Å². The fraction of sp³-hybridized carbons (Fsp3) is 0.500. The molecule has 0 fully saturated rings. The lowest BCUT2D eigenvalue weighted by molar-refractivity contribution is 0.0832. The lowest BCUT2D eigenvalue weighted by atomic mass is 10.1. The van der Waals surface area contributed by atoms with Gasteiger partial charge in [0.05, 0.1) is 16.2 Å². The van der Waals surface area contributed by atoms with Gasteiger partial charge < -0.3 is 10.8 Å². The molecule has 0 amide bonds. The topological polar surface area (TPSA) is 80.4 Å². The van der Waals surface area contributed by atoms with Gasteiger partial charge in [0, 0.05) is 11.6 Å². The third-order valence-corrected chi connectivity index (χ3v) is 4.34. The summed E-state index contributed by atoms with van der Waals surface area (Å²) >= 11 is 1.16. The van der Waals surface area contributed by atoms with Gasteiger partial charge in [-0.2, -0.15) is 0 Å². The van der Waals surface area contributed by atoms with Crippen molar-refractivity contribution in [1.82, 2.24) is 0 Å². The van der Waals surface area contributed by atoms with Crippen molar-refractivity contribution < 1.29 is 13.5 Å². The summed E-state index contributed by atoms with van der Waals surface area (Å²) in [5, 5.41) is 11.1. The molecule has 0 spiro atoms. The molecule has 6 heteroatoms. The zero-order valence-corrected chi connectivity index (χ0v) is 9.87. The van der Waals surface area contributed by atoms with Crippen molar-refractivity contribution in [3.63, 3.8) is 0 Å². The zero-order valence-electron chi connectivity index (χ0n) is 8.23. The number of sulfone groups is 1. The van der Waals surface area contributed by atoms with Crippen molar-refractivity contribution >= 4 is 26.9 Å². The van der Waals surface area contributed by atoms with E-state index < -0.39 is 15.4 Å². The summed E-state index contributed by atoms with van der Waals surface area (Å²) in [6, 6.07) is 0. The van der Waals surface area contributed by atoms with Gasteiger partial charge >= 0.3 is 0 Å². The van der Waals surface area contributed by atoms with E-state index in [2.05, 4.69) is 0 Å². The first-order chi connectivity index (χ1) is 6.14. The van der Waals surface area contributed by atoms with E-state index in [1.807, 2.05) is 0 Å². The maximum Gasteiger partial charge on any atom is 0.178 e. The van der Waals surface area contributed by atoms with Crippen LogP contribution < -0.4 is 5.73 Å². The van der Waals surface area contributed by atoms with Crippen molar-refractivity contribution in [1.29, 1.82) is 0 Å². The van der Waals surface area contributed by atoms with Crippen molar-refractivity contribution in [3.05, 3.63) is 10.3 Å². The molecule has 1 heterocycles. The Morgan fingerprint density at radius 1 is 1.50 bits per heavy atom. The summed E-state index contributed by atoms with van der Waals surface area (Å²) in [7, 11) is -3.30. The van der Waals surface area contributed by atoms with E-state index in [0.29, 0.717) is 4.88 Å². The predicted octanol–water partition coefficient (Wildman–Crippen LogP) is 0.961. The number of hydrogen-bond acceptors (Lipinski definition) is 5. The van der Waals surface area contributed by atoms with Crippen molar-refractivity contribution in [2.75, 3.05) is 12.0 Å². The highest BCUT2D eigenvalue weighted by Crippen LogP contribution is 2.36. The molecule has 0 saturated heterocycles. The quantitative estimate of drug-likeness (QED) is 0.800. The van der Waals surface area contributed by atoms with Gasteiger partial charge in [-0.15, -0.1) is 11.3 Å². The number of hydrogen-bond donors (Lipinski definition) is 2. The Bertz CT molecular complexity index is 440. The minimum absolute atomic E-state index is 0.0969. The normalized spacial score (nSPS) is 13.1. The lowest BCUT2D eigenvalue weighted by Crippen LogP contribution is -2.16. The Labute approximate surface area is 87.3 Å². The number of aliphatic hydroxyl groups is 1. The van der Waals surface area contributed by atoms with Crippen LogP contribution >= 0.6 is 11.3 Å². The minimum atomic E-state index is -3.30. The van der Waals surface area contributed by atoms with E-state index in [4.69, 9.17) is 5.73 Å². The van der Waals surface area contributed by atoms with E-state index in [9.17, 15) is 13.5 Å². The third kappa shape index (κ3) is 2.08. The minimum Gasteiger partial charge on any atom is -0.397 e. The highest BCUT2D eigenvalue weighted by Gasteiger charge is 2.26. The van der Waals surface area contributed by atoms with Crippen LogP contribution in [0.5, 0.6) is 0 Å². The second kappa shape index (κ2) is 3.22. The van der Waals surface area contributed by atoms with Crippen LogP contribution in [0.25, 0.3) is 0 Å². The fourth-order valence-electron chi connectivity index (χ4n) is 1.11. The summed E-state index contributed by atoms with van der Waals surface area (Å²) < 4.78 is 22.5.